The summed E-state index contributed by atoms with van der Waals surface area (Å²) in [6, 6.07) is 10.4. The summed E-state index contributed by atoms with van der Waals surface area (Å²) in [6.07, 6.45) is 5.14. The first-order valence-corrected chi connectivity index (χ1v) is 13.4. The van der Waals surface area contributed by atoms with Crippen LogP contribution in [-0.2, 0) is 10.0 Å². The second kappa shape index (κ2) is 9.29. The van der Waals surface area contributed by atoms with E-state index in [2.05, 4.69) is 22.4 Å². The number of rotatable bonds is 6. The van der Waals surface area contributed by atoms with Crippen LogP contribution in [0.2, 0.25) is 0 Å². The zero-order valence-corrected chi connectivity index (χ0v) is 20.4. The van der Waals surface area contributed by atoms with Crippen molar-refractivity contribution >= 4 is 42.6 Å². The molecule has 1 aliphatic rings. The number of benzene rings is 2. The number of aryl methyl sites for hydroxylation is 2. The number of sulfonamides is 1. The van der Waals surface area contributed by atoms with Crippen molar-refractivity contribution in [2.24, 2.45) is 0 Å². The smallest absolute Gasteiger partial charge is 0.257 e. The first kappa shape index (κ1) is 22.9. The molecule has 32 heavy (non-hydrogen) atoms. The second-order valence-corrected chi connectivity index (χ2v) is 11.3. The van der Waals surface area contributed by atoms with E-state index in [0.29, 0.717) is 17.2 Å². The van der Waals surface area contributed by atoms with E-state index in [1.54, 1.807) is 16.4 Å². The number of hydrogen-bond donors (Lipinski definition) is 1. The Morgan fingerprint density at radius 2 is 1.81 bits per heavy atom. The van der Waals surface area contributed by atoms with E-state index in [1.807, 2.05) is 20.8 Å². The van der Waals surface area contributed by atoms with Crippen molar-refractivity contribution in [1.29, 1.82) is 0 Å². The predicted molar refractivity (Wildman–Crippen MR) is 130 cm³/mol. The van der Waals surface area contributed by atoms with Crippen LogP contribution < -0.4 is 5.32 Å². The van der Waals surface area contributed by atoms with E-state index < -0.39 is 10.0 Å². The van der Waals surface area contributed by atoms with Gasteiger partial charge in [-0.1, -0.05) is 43.6 Å². The van der Waals surface area contributed by atoms with Gasteiger partial charge in [0, 0.05) is 18.2 Å². The third-order valence-electron chi connectivity index (χ3n) is 6.07. The second-order valence-electron chi connectivity index (χ2n) is 8.43. The zero-order chi connectivity index (χ0) is 22.9. The Hall–Kier alpha value is -2.29. The molecule has 3 aromatic rings. The Morgan fingerprint density at radius 3 is 2.47 bits per heavy atom. The summed E-state index contributed by atoms with van der Waals surface area (Å²) < 4.78 is 29.1. The lowest BCUT2D eigenvalue weighted by molar-refractivity contribution is 0.102. The van der Waals surface area contributed by atoms with Crippen LogP contribution in [0.3, 0.4) is 0 Å². The fourth-order valence-corrected chi connectivity index (χ4v) is 7.23. The summed E-state index contributed by atoms with van der Waals surface area (Å²) in [4.78, 5) is 17.5. The summed E-state index contributed by atoms with van der Waals surface area (Å²) in [5, 5.41) is 3.38. The van der Waals surface area contributed by atoms with E-state index in [0.717, 1.165) is 47.0 Å². The first-order valence-electron chi connectivity index (χ1n) is 11.1. The Morgan fingerprint density at radius 1 is 1.12 bits per heavy atom. The van der Waals surface area contributed by atoms with Gasteiger partial charge in [0.05, 0.1) is 15.1 Å². The van der Waals surface area contributed by atoms with E-state index in [4.69, 9.17) is 0 Å². The van der Waals surface area contributed by atoms with Crippen LogP contribution in [0.4, 0.5) is 5.13 Å². The third kappa shape index (κ3) is 4.58. The lowest BCUT2D eigenvalue weighted by atomic mass is 9.95. The van der Waals surface area contributed by atoms with Crippen LogP contribution >= 0.6 is 11.3 Å². The molecule has 4 rings (SSSR count). The SMILES string of the molecule is CCN(C1CCCCC1)S(=O)(=O)c1ccc(C(=O)Nc2nc3c(C)cc(C)cc3s2)cc1. The van der Waals surface area contributed by atoms with Crippen LogP contribution in [0.1, 0.15) is 60.5 Å². The Bertz CT molecular complexity index is 1230. The number of aromatic nitrogens is 1. The Labute approximate surface area is 193 Å². The van der Waals surface area contributed by atoms with Gasteiger partial charge in [-0.25, -0.2) is 13.4 Å². The number of thiazole rings is 1. The molecule has 170 valence electrons. The number of hydrogen-bond acceptors (Lipinski definition) is 5. The fraction of sp³-hybridized carbons (Fsp3) is 0.417. The molecule has 1 aromatic heterocycles. The Kier molecular flexibility index (Phi) is 6.65. The van der Waals surface area contributed by atoms with E-state index in [9.17, 15) is 13.2 Å². The number of carbonyl (C=O) groups excluding carboxylic acids is 1. The lowest BCUT2D eigenvalue weighted by Crippen LogP contribution is -2.41. The van der Waals surface area contributed by atoms with Crippen molar-refractivity contribution in [2.75, 3.05) is 11.9 Å². The molecular formula is C24H29N3O3S2. The van der Waals surface area contributed by atoms with Gasteiger partial charge in [-0.05, 0) is 68.1 Å². The van der Waals surface area contributed by atoms with E-state index in [1.165, 1.54) is 29.9 Å². The van der Waals surface area contributed by atoms with Crippen molar-refractivity contribution < 1.29 is 13.2 Å². The highest BCUT2D eigenvalue weighted by molar-refractivity contribution is 7.89. The molecule has 0 unspecified atom stereocenters. The van der Waals surface area contributed by atoms with Crippen molar-refractivity contribution in [3.8, 4) is 0 Å². The zero-order valence-electron chi connectivity index (χ0n) is 18.7. The molecule has 1 N–H and O–H groups in total. The van der Waals surface area contributed by atoms with Gasteiger partial charge < -0.3 is 0 Å². The monoisotopic (exact) mass is 471 g/mol. The maximum absolute atomic E-state index is 13.2. The summed E-state index contributed by atoms with van der Waals surface area (Å²) in [5.74, 6) is -0.304. The summed E-state index contributed by atoms with van der Waals surface area (Å²) >= 11 is 1.43. The summed E-state index contributed by atoms with van der Waals surface area (Å²) in [6.45, 7) is 6.38. The molecule has 1 saturated carbocycles. The molecule has 0 aliphatic heterocycles. The molecule has 6 nitrogen and oxygen atoms in total. The predicted octanol–water partition coefficient (Wildman–Crippen LogP) is 5.51. The fourth-order valence-electron chi connectivity index (χ4n) is 4.50. The molecule has 0 spiro atoms. The Balaban J connectivity index is 1.51. The van der Waals surface area contributed by atoms with Gasteiger partial charge in [-0.2, -0.15) is 4.31 Å². The van der Waals surface area contributed by atoms with Gasteiger partial charge >= 0.3 is 0 Å². The molecule has 0 saturated heterocycles. The van der Waals surface area contributed by atoms with Gasteiger partial charge in [-0.3, -0.25) is 10.1 Å². The van der Waals surface area contributed by atoms with Crippen LogP contribution in [0.15, 0.2) is 41.3 Å². The molecule has 0 bridgehead atoms. The van der Waals surface area contributed by atoms with Crippen LogP contribution in [0.5, 0.6) is 0 Å². The molecule has 0 atom stereocenters. The highest BCUT2D eigenvalue weighted by Gasteiger charge is 2.31. The average Bonchev–Trinajstić information content (AvgIpc) is 3.17. The molecule has 1 fully saturated rings. The lowest BCUT2D eigenvalue weighted by Gasteiger charge is -2.32. The van der Waals surface area contributed by atoms with Gasteiger partial charge in [0.15, 0.2) is 5.13 Å². The average molecular weight is 472 g/mol. The van der Waals surface area contributed by atoms with Gasteiger partial charge in [0.1, 0.15) is 0 Å². The number of carbonyl (C=O) groups is 1. The first-order chi connectivity index (χ1) is 15.3. The van der Waals surface area contributed by atoms with Gasteiger partial charge in [0.25, 0.3) is 5.91 Å². The summed E-state index contributed by atoms with van der Waals surface area (Å²) in [7, 11) is -3.59. The molecule has 0 radical (unpaired) electrons. The highest BCUT2D eigenvalue weighted by Crippen LogP contribution is 2.30. The number of nitrogens with zero attached hydrogens (tertiary/aromatic N) is 2. The number of anilines is 1. The van der Waals surface area contributed by atoms with E-state index in [-0.39, 0.29) is 16.8 Å². The summed E-state index contributed by atoms with van der Waals surface area (Å²) in [5.41, 5.74) is 3.52. The molecule has 8 heteroatoms. The molecular weight excluding hydrogens is 442 g/mol. The molecule has 1 heterocycles. The molecule has 1 amide bonds. The number of fused-ring (bicyclic) bond motifs is 1. The van der Waals surface area contributed by atoms with Crippen molar-refractivity contribution in [3.63, 3.8) is 0 Å². The van der Waals surface area contributed by atoms with Crippen molar-refractivity contribution in [2.45, 2.75) is 63.8 Å². The third-order valence-corrected chi connectivity index (χ3v) is 9.03. The normalized spacial score (nSPS) is 15.4. The topological polar surface area (TPSA) is 79.4 Å². The minimum absolute atomic E-state index is 0.0628. The van der Waals surface area contributed by atoms with Crippen LogP contribution in [0, 0.1) is 13.8 Å². The van der Waals surface area contributed by atoms with E-state index >= 15 is 0 Å². The number of nitrogens with one attached hydrogen (secondary N) is 1. The maximum atomic E-state index is 13.2. The van der Waals surface area contributed by atoms with Crippen LogP contribution in [0.25, 0.3) is 10.2 Å². The van der Waals surface area contributed by atoms with Crippen LogP contribution in [-0.4, -0.2) is 36.2 Å². The van der Waals surface area contributed by atoms with Crippen molar-refractivity contribution in [1.82, 2.24) is 9.29 Å². The maximum Gasteiger partial charge on any atom is 0.257 e. The van der Waals surface area contributed by atoms with Crippen molar-refractivity contribution in [3.05, 3.63) is 53.1 Å². The largest absolute Gasteiger partial charge is 0.298 e. The number of amides is 1. The van der Waals surface area contributed by atoms with Gasteiger partial charge in [-0.15, -0.1) is 0 Å². The standard InChI is InChI=1S/C24H29N3O3S2/c1-4-27(19-8-6-5-7-9-19)32(29,30)20-12-10-18(11-13-20)23(28)26-24-25-22-17(3)14-16(2)15-21(22)31-24/h10-15,19H,4-9H2,1-3H3,(H,25,26,28). The molecule has 1 aliphatic carbocycles. The minimum Gasteiger partial charge on any atom is -0.298 e. The highest BCUT2D eigenvalue weighted by atomic mass is 32.2. The molecule has 2 aromatic carbocycles. The van der Waals surface area contributed by atoms with Gasteiger partial charge in [0.2, 0.25) is 10.0 Å². The minimum atomic E-state index is -3.59. The quantitative estimate of drug-likeness (QED) is 0.514.